The Hall–Kier alpha value is -1.81. The lowest BCUT2D eigenvalue weighted by Gasteiger charge is -2.06. The van der Waals surface area contributed by atoms with Gasteiger partial charge in [0.1, 0.15) is 11.6 Å². The summed E-state index contributed by atoms with van der Waals surface area (Å²) in [5, 5.41) is 3.47. The summed E-state index contributed by atoms with van der Waals surface area (Å²) in [5.74, 6) is 2.09. The molecule has 3 heterocycles. The molecule has 0 aliphatic carbocycles. The lowest BCUT2D eigenvalue weighted by atomic mass is 10.1. The van der Waals surface area contributed by atoms with Gasteiger partial charge in [0.15, 0.2) is 0 Å². The van der Waals surface area contributed by atoms with Crippen LogP contribution in [0.2, 0.25) is 0 Å². The second-order valence-electron chi connectivity index (χ2n) is 5.25. The molecule has 2 N–H and O–H groups in total. The van der Waals surface area contributed by atoms with E-state index in [1.165, 1.54) is 24.0 Å². The third-order valence-electron chi connectivity index (χ3n) is 3.99. The highest BCUT2D eigenvalue weighted by atomic mass is 16.5. The molecule has 0 saturated carbocycles. The molecule has 1 unspecified atom stereocenters. The van der Waals surface area contributed by atoms with Gasteiger partial charge in [-0.15, -0.1) is 0 Å². The van der Waals surface area contributed by atoms with Crippen molar-refractivity contribution in [3.05, 3.63) is 35.8 Å². The number of rotatable bonds is 2. The molecule has 2 aliphatic heterocycles. The first-order valence-corrected chi connectivity index (χ1v) is 6.94. The predicted octanol–water partition coefficient (Wildman–Crippen LogP) is 2.44. The highest BCUT2D eigenvalue weighted by molar-refractivity contribution is 5.62. The number of aromatic nitrogens is 2. The van der Waals surface area contributed by atoms with Crippen molar-refractivity contribution < 1.29 is 4.74 Å². The van der Waals surface area contributed by atoms with Gasteiger partial charge in [-0.05, 0) is 43.1 Å². The molecule has 0 bridgehead atoms. The van der Waals surface area contributed by atoms with Crippen LogP contribution in [0, 0.1) is 0 Å². The normalized spacial score (nSPS) is 21.4. The van der Waals surface area contributed by atoms with E-state index in [1.54, 1.807) is 0 Å². The maximum absolute atomic E-state index is 5.54. The molecular formula is C15H17N3O. The van der Waals surface area contributed by atoms with E-state index in [9.17, 15) is 0 Å². The van der Waals surface area contributed by atoms with Crippen LogP contribution in [0.3, 0.4) is 0 Å². The molecule has 0 radical (unpaired) electrons. The summed E-state index contributed by atoms with van der Waals surface area (Å²) in [6.07, 6.45) is 5.35. The SMILES string of the molecule is c1cc2c(cc1-c1cnc(C3CCCN3)[nH]1)CCO2. The summed E-state index contributed by atoms with van der Waals surface area (Å²) < 4.78 is 5.54. The Morgan fingerprint density at radius 1 is 1.32 bits per heavy atom. The van der Waals surface area contributed by atoms with E-state index in [0.717, 1.165) is 36.8 Å². The molecule has 98 valence electrons. The van der Waals surface area contributed by atoms with E-state index in [4.69, 9.17) is 4.74 Å². The monoisotopic (exact) mass is 255 g/mol. The molecule has 1 atom stereocenters. The Morgan fingerprint density at radius 3 is 3.21 bits per heavy atom. The van der Waals surface area contributed by atoms with Crippen LogP contribution in [0.4, 0.5) is 0 Å². The number of nitrogens with one attached hydrogen (secondary N) is 2. The smallest absolute Gasteiger partial charge is 0.123 e. The quantitative estimate of drug-likeness (QED) is 0.866. The van der Waals surface area contributed by atoms with E-state index < -0.39 is 0 Å². The van der Waals surface area contributed by atoms with Crippen molar-refractivity contribution in [1.29, 1.82) is 0 Å². The lowest BCUT2D eigenvalue weighted by Crippen LogP contribution is -2.14. The number of hydrogen-bond acceptors (Lipinski definition) is 3. The molecule has 1 aromatic carbocycles. The molecule has 0 spiro atoms. The molecule has 4 nitrogen and oxygen atoms in total. The number of nitrogens with zero attached hydrogens (tertiary/aromatic N) is 1. The number of aromatic amines is 1. The fourth-order valence-corrected chi connectivity index (χ4v) is 2.93. The second kappa shape index (κ2) is 4.38. The van der Waals surface area contributed by atoms with E-state index in [2.05, 4.69) is 33.5 Å². The van der Waals surface area contributed by atoms with Gasteiger partial charge in [0.25, 0.3) is 0 Å². The van der Waals surface area contributed by atoms with E-state index in [1.807, 2.05) is 6.20 Å². The van der Waals surface area contributed by atoms with Crippen LogP contribution in [0.5, 0.6) is 5.75 Å². The topological polar surface area (TPSA) is 49.9 Å². The summed E-state index contributed by atoms with van der Waals surface area (Å²) in [7, 11) is 0. The number of H-pyrrole nitrogens is 1. The number of ether oxygens (including phenoxy) is 1. The number of imidazole rings is 1. The minimum absolute atomic E-state index is 0.395. The van der Waals surface area contributed by atoms with Crippen molar-refractivity contribution >= 4 is 0 Å². The fourth-order valence-electron chi connectivity index (χ4n) is 2.93. The second-order valence-corrected chi connectivity index (χ2v) is 5.25. The molecule has 1 fully saturated rings. The van der Waals surface area contributed by atoms with Gasteiger partial charge >= 0.3 is 0 Å². The first-order valence-electron chi connectivity index (χ1n) is 6.94. The Kier molecular flexibility index (Phi) is 2.55. The van der Waals surface area contributed by atoms with Gasteiger partial charge in [-0.3, -0.25) is 0 Å². The zero-order valence-electron chi connectivity index (χ0n) is 10.8. The van der Waals surface area contributed by atoms with E-state index >= 15 is 0 Å². The summed E-state index contributed by atoms with van der Waals surface area (Å²) >= 11 is 0. The van der Waals surface area contributed by atoms with Crippen LogP contribution in [-0.4, -0.2) is 23.1 Å². The lowest BCUT2D eigenvalue weighted by molar-refractivity contribution is 0.357. The zero-order valence-corrected chi connectivity index (χ0v) is 10.8. The van der Waals surface area contributed by atoms with Crippen LogP contribution < -0.4 is 10.1 Å². The van der Waals surface area contributed by atoms with Crippen molar-refractivity contribution in [2.24, 2.45) is 0 Å². The van der Waals surface area contributed by atoms with Crippen LogP contribution in [-0.2, 0) is 6.42 Å². The van der Waals surface area contributed by atoms with Crippen molar-refractivity contribution in [2.75, 3.05) is 13.2 Å². The van der Waals surface area contributed by atoms with Crippen molar-refractivity contribution in [1.82, 2.24) is 15.3 Å². The van der Waals surface area contributed by atoms with Crippen molar-refractivity contribution in [3.63, 3.8) is 0 Å². The van der Waals surface area contributed by atoms with Gasteiger partial charge in [0.2, 0.25) is 0 Å². The van der Waals surface area contributed by atoms with Crippen LogP contribution in [0.25, 0.3) is 11.3 Å². The maximum Gasteiger partial charge on any atom is 0.123 e. The summed E-state index contributed by atoms with van der Waals surface area (Å²) in [5.41, 5.74) is 3.59. The third kappa shape index (κ3) is 1.92. The average Bonchev–Trinajstić information content (AvgIpc) is 3.18. The van der Waals surface area contributed by atoms with Gasteiger partial charge in [-0.25, -0.2) is 4.98 Å². The zero-order chi connectivity index (χ0) is 12.7. The Balaban J connectivity index is 1.65. The predicted molar refractivity (Wildman–Crippen MR) is 73.2 cm³/mol. The van der Waals surface area contributed by atoms with Gasteiger partial charge in [0.05, 0.1) is 24.5 Å². The highest BCUT2D eigenvalue weighted by Gasteiger charge is 2.19. The summed E-state index contributed by atoms with van der Waals surface area (Å²) in [6.45, 7) is 1.90. The van der Waals surface area contributed by atoms with Crippen LogP contribution in [0.15, 0.2) is 24.4 Å². The van der Waals surface area contributed by atoms with Crippen molar-refractivity contribution in [2.45, 2.75) is 25.3 Å². The van der Waals surface area contributed by atoms with Gasteiger partial charge in [-0.2, -0.15) is 0 Å². The minimum atomic E-state index is 0.395. The fraction of sp³-hybridized carbons (Fsp3) is 0.400. The van der Waals surface area contributed by atoms with Gasteiger partial charge in [0, 0.05) is 12.0 Å². The standard InChI is InChI=1S/C15H17N3O/c1-2-12(16-6-1)15-17-9-13(18-15)10-3-4-14-11(8-10)5-7-19-14/h3-4,8-9,12,16H,1-2,5-7H2,(H,17,18). The minimum Gasteiger partial charge on any atom is -0.493 e. The molecule has 2 aliphatic rings. The third-order valence-corrected chi connectivity index (χ3v) is 3.99. The molecule has 19 heavy (non-hydrogen) atoms. The summed E-state index contributed by atoms with van der Waals surface area (Å²) in [4.78, 5) is 7.97. The van der Waals surface area contributed by atoms with Crippen LogP contribution >= 0.6 is 0 Å². The summed E-state index contributed by atoms with van der Waals surface area (Å²) in [6, 6.07) is 6.77. The first kappa shape index (κ1) is 11.1. The van der Waals surface area contributed by atoms with E-state index in [0.29, 0.717) is 6.04 Å². The molecular weight excluding hydrogens is 238 g/mol. The number of fused-ring (bicyclic) bond motifs is 1. The molecule has 0 amide bonds. The van der Waals surface area contributed by atoms with E-state index in [-0.39, 0.29) is 0 Å². The number of hydrogen-bond donors (Lipinski definition) is 2. The van der Waals surface area contributed by atoms with Gasteiger partial charge < -0.3 is 15.0 Å². The molecule has 1 saturated heterocycles. The van der Waals surface area contributed by atoms with Crippen molar-refractivity contribution in [3.8, 4) is 17.0 Å². The molecule has 4 heteroatoms. The molecule has 2 aromatic rings. The first-order chi connectivity index (χ1) is 9.40. The highest BCUT2D eigenvalue weighted by Crippen LogP contribution is 2.30. The molecule has 1 aromatic heterocycles. The Morgan fingerprint density at radius 2 is 2.32 bits per heavy atom. The Bertz CT molecular complexity index is 599. The van der Waals surface area contributed by atoms with Crippen LogP contribution in [0.1, 0.15) is 30.3 Å². The number of benzene rings is 1. The maximum atomic E-state index is 5.54. The van der Waals surface area contributed by atoms with Gasteiger partial charge in [-0.1, -0.05) is 0 Å². The Labute approximate surface area is 112 Å². The molecule has 4 rings (SSSR count). The largest absolute Gasteiger partial charge is 0.493 e. The average molecular weight is 255 g/mol.